The van der Waals surface area contributed by atoms with E-state index in [-0.39, 0.29) is 0 Å². The van der Waals surface area contributed by atoms with Gasteiger partial charge in [0.05, 0.1) is 11.4 Å². The van der Waals surface area contributed by atoms with Crippen molar-refractivity contribution in [2.75, 3.05) is 4.90 Å². The van der Waals surface area contributed by atoms with E-state index in [1.54, 1.807) is 0 Å². The number of fused-ring (bicyclic) bond motifs is 2. The maximum atomic E-state index is 2.36. The van der Waals surface area contributed by atoms with Crippen LogP contribution in [0, 0.1) is 0 Å². The van der Waals surface area contributed by atoms with E-state index in [2.05, 4.69) is 84.6 Å². The average molecular weight is 303 g/mol. The van der Waals surface area contributed by atoms with Gasteiger partial charge in [-0.25, -0.2) is 0 Å². The van der Waals surface area contributed by atoms with E-state index in [9.17, 15) is 0 Å². The van der Waals surface area contributed by atoms with Gasteiger partial charge >= 0.3 is 0 Å². The van der Waals surface area contributed by atoms with Crippen molar-refractivity contribution >= 4 is 28.8 Å². The maximum absolute atomic E-state index is 2.36. The fraction of sp³-hybridized carbons (Fsp3) is 0.100. The average Bonchev–Trinajstić information content (AvgIpc) is 2.59. The molecule has 4 rings (SSSR count). The lowest BCUT2D eigenvalue weighted by Crippen LogP contribution is -2.14. The second-order valence-corrected chi connectivity index (χ2v) is 6.48. The molecule has 3 aromatic carbocycles. The molecule has 1 aliphatic heterocycles. The van der Waals surface area contributed by atoms with Gasteiger partial charge in [-0.1, -0.05) is 55.1 Å². The van der Waals surface area contributed by atoms with Gasteiger partial charge in [-0.15, -0.1) is 0 Å². The highest BCUT2D eigenvalue weighted by Gasteiger charge is 2.24. The van der Waals surface area contributed by atoms with Crippen molar-refractivity contribution in [3.05, 3.63) is 78.4 Å². The molecular weight excluding hydrogens is 286 g/mol. The van der Waals surface area contributed by atoms with Crippen LogP contribution in [0.15, 0.2) is 82.6 Å². The van der Waals surface area contributed by atoms with E-state index in [1.807, 2.05) is 11.8 Å². The van der Waals surface area contributed by atoms with Gasteiger partial charge in [-0.3, -0.25) is 0 Å². The van der Waals surface area contributed by atoms with Gasteiger partial charge in [-0.2, -0.15) is 0 Å². The van der Waals surface area contributed by atoms with Crippen LogP contribution in [0.2, 0.25) is 0 Å². The van der Waals surface area contributed by atoms with Crippen molar-refractivity contribution < 1.29 is 0 Å². The molecule has 1 aliphatic rings. The minimum Gasteiger partial charge on any atom is -0.308 e. The van der Waals surface area contributed by atoms with Crippen molar-refractivity contribution in [3.8, 4) is 0 Å². The fourth-order valence-electron chi connectivity index (χ4n) is 2.88. The van der Waals surface area contributed by atoms with Gasteiger partial charge in [0.2, 0.25) is 0 Å². The number of para-hydroxylation sites is 2. The fourth-order valence-corrected chi connectivity index (χ4v) is 4.00. The molecule has 0 radical (unpaired) electrons. The highest BCUT2D eigenvalue weighted by molar-refractivity contribution is 7.99. The number of nitrogens with zero attached hydrogens (tertiary/aromatic N) is 1. The molecule has 22 heavy (non-hydrogen) atoms. The van der Waals surface area contributed by atoms with Gasteiger partial charge in [0, 0.05) is 15.5 Å². The zero-order valence-corrected chi connectivity index (χ0v) is 13.3. The molecule has 0 aromatic heterocycles. The molecule has 0 saturated carbocycles. The number of rotatable bonds is 2. The number of hydrogen-bond acceptors (Lipinski definition) is 2. The Morgan fingerprint density at radius 2 is 1.50 bits per heavy atom. The minimum absolute atomic E-state index is 1.07. The highest BCUT2D eigenvalue weighted by atomic mass is 32.2. The molecule has 0 amide bonds. The van der Waals surface area contributed by atoms with Gasteiger partial charge in [-0.05, 0) is 48.4 Å². The molecule has 0 N–H and O–H groups in total. The molecule has 3 aromatic rings. The Morgan fingerprint density at radius 3 is 2.32 bits per heavy atom. The van der Waals surface area contributed by atoms with E-state index in [4.69, 9.17) is 0 Å². The molecular formula is C20H17NS. The van der Waals surface area contributed by atoms with Gasteiger partial charge < -0.3 is 4.90 Å². The first-order valence-corrected chi connectivity index (χ1v) is 8.43. The monoisotopic (exact) mass is 303 g/mol. The summed E-state index contributed by atoms with van der Waals surface area (Å²) in [6.45, 7) is 2.21. The van der Waals surface area contributed by atoms with Crippen molar-refractivity contribution in [1.82, 2.24) is 0 Å². The second-order valence-electron chi connectivity index (χ2n) is 5.40. The summed E-state index contributed by atoms with van der Waals surface area (Å²) >= 11 is 1.87. The summed E-state index contributed by atoms with van der Waals surface area (Å²) in [6, 6.07) is 26.1. The van der Waals surface area contributed by atoms with E-state index in [1.165, 1.54) is 32.4 Å². The van der Waals surface area contributed by atoms with Crippen LogP contribution in [-0.2, 0) is 6.42 Å². The normalized spacial score (nSPS) is 12.7. The van der Waals surface area contributed by atoms with Crippen molar-refractivity contribution in [3.63, 3.8) is 0 Å². The number of aryl methyl sites for hydroxylation is 1. The molecule has 0 bridgehead atoms. The predicted octanol–water partition coefficient (Wildman–Crippen LogP) is 6.18. The minimum atomic E-state index is 1.07. The third-order valence-corrected chi connectivity index (χ3v) is 5.13. The van der Waals surface area contributed by atoms with Crippen LogP contribution in [0.1, 0.15) is 12.5 Å². The lowest BCUT2D eigenvalue weighted by Gasteiger charge is -2.33. The topological polar surface area (TPSA) is 3.24 Å². The standard InChI is InChI=1S/C20H17NS/c1-2-15-12-13-18-20(14-15)22-19-11-7-6-10-17(19)21(18)16-8-4-3-5-9-16/h3-14H,2H2,1H3. The predicted molar refractivity (Wildman–Crippen MR) is 94.6 cm³/mol. The zero-order chi connectivity index (χ0) is 14.9. The highest BCUT2D eigenvalue weighted by Crippen LogP contribution is 2.51. The third kappa shape index (κ3) is 2.20. The molecule has 1 nitrogen and oxygen atoms in total. The smallest absolute Gasteiger partial charge is 0.0601 e. The van der Waals surface area contributed by atoms with Crippen LogP contribution in [0.4, 0.5) is 17.1 Å². The van der Waals surface area contributed by atoms with Crippen LogP contribution in [0.3, 0.4) is 0 Å². The second kappa shape index (κ2) is 5.54. The summed E-state index contributed by atoms with van der Waals surface area (Å²) < 4.78 is 0. The van der Waals surface area contributed by atoms with Gasteiger partial charge in [0.25, 0.3) is 0 Å². The molecule has 0 atom stereocenters. The molecule has 1 heterocycles. The summed E-state index contributed by atoms with van der Waals surface area (Å²) in [7, 11) is 0. The molecule has 108 valence electrons. The first-order valence-electron chi connectivity index (χ1n) is 7.62. The lowest BCUT2D eigenvalue weighted by molar-refractivity contribution is 1.10. The summed E-state index contributed by atoms with van der Waals surface area (Å²) in [5.74, 6) is 0. The molecule has 0 fully saturated rings. The van der Waals surface area contributed by atoms with Crippen LogP contribution in [-0.4, -0.2) is 0 Å². The Morgan fingerprint density at radius 1 is 0.773 bits per heavy atom. The number of anilines is 3. The van der Waals surface area contributed by atoms with Crippen LogP contribution in [0.25, 0.3) is 0 Å². The number of benzene rings is 3. The van der Waals surface area contributed by atoms with Crippen LogP contribution in [0.5, 0.6) is 0 Å². The summed E-state index contributed by atoms with van der Waals surface area (Å²) in [5, 5.41) is 0. The molecule has 2 heteroatoms. The maximum Gasteiger partial charge on any atom is 0.0601 e. The van der Waals surface area contributed by atoms with Crippen molar-refractivity contribution in [1.29, 1.82) is 0 Å². The lowest BCUT2D eigenvalue weighted by atomic mass is 10.1. The van der Waals surface area contributed by atoms with E-state index in [0.29, 0.717) is 0 Å². The van der Waals surface area contributed by atoms with E-state index in [0.717, 1.165) is 6.42 Å². The molecule has 0 spiro atoms. The van der Waals surface area contributed by atoms with Crippen molar-refractivity contribution in [2.45, 2.75) is 23.1 Å². The first kappa shape index (κ1) is 13.5. The summed E-state index contributed by atoms with van der Waals surface area (Å²) in [4.78, 5) is 5.01. The Balaban J connectivity index is 1.94. The zero-order valence-electron chi connectivity index (χ0n) is 12.5. The Labute approximate surface area is 135 Å². The SMILES string of the molecule is CCc1ccc2c(c1)Sc1ccccc1N2c1ccccc1. The third-order valence-electron chi connectivity index (χ3n) is 4.01. The van der Waals surface area contributed by atoms with Crippen molar-refractivity contribution in [2.24, 2.45) is 0 Å². The van der Waals surface area contributed by atoms with Crippen LogP contribution >= 0.6 is 11.8 Å². The largest absolute Gasteiger partial charge is 0.308 e. The Bertz CT molecular complexity index is 811. The molecule has 0 aliphatic carbocycles. The van der Waals surface area contributed by atoms with Crippen LogP contribution < -0.4 is 4.90 Å². The summed E-state index contributed by atoms with van der Waals surface area (Å²) in [6.07, 6.45) is 1.07. The number of hydrogen-bond donors (Lipinski definition) is 0. The molecule has 0 saturated heterocycles. The Kier molecular flexibility index (Phi) is 3.39. The molecule has 0 unspecified atom stereocenters. The first-order chi connectivity index (χ1) is 10.9. The summed E-state index contributed by atoms with van der Waals surface area (Å²) in [5.41, 5.74) is 5.13. The Hall–Kier alpha value is -2.19. The van der Waals surface area contributed by atoms with E-state index < -0.39 is 0 Å². The van der Waals surface area contributed by atoms with E-state index >= 15 is 0 Å². The van der Waals surface area contributed by atoms with Gasteiger partial charge in [0.15, 0.2) is 0 Å². The van der Waals surface area contributed by atoms with Gasteiger partial charge in [0.1, 0.15) is 0 Å². The quantitative estimate of drug-likeness (QED) is 0.435.